The third-order valence-electron chi connectivity index (χ3n) is 4.23. The number of fused-ring (bicyclic) bond motifs is 1. The summed E-state index contributed by atoms with van der Waals surface area (Å²) in [4.78, 5) is 14.6. The smallest absolute Gasteiger partial charge is 0.320 e. The first kappa shape index (κ1) is 16.9. The molecule has 1 heterocycles. The van der Waals surface area contributed by atoms with E-state index in [2.05, 4.69) is 4.98 Å². The van der Waals surface area contributed by atoms with Crippen LogP contribution in [0.5, 0.6) is 11.5 Å². The molecule has 3 aromatic rings. The van der Waals surface area contributed by atoms with Gasteiger partial charge in [0, 0.05) is 22.9 Å². The van der Waals surface area contributed by atoms with Gasteiger partial charge < -0.3 is 25.3 Å². The first-order chi connectivity index (χ1) is 12.0. The summed E-state index contributed by atoms with van der Waals surface area (Å²) in [7, 11) is 3.19. The van der Waals surface area contributed by atoms with E-state index in [-0.39, 0.29) is 6.42 Å². The van der Waals surface area contributed by atoms with Gasteiger partial charge in [-0.15, -0.1) is 0 Å². The lowest BCUT2D eigenvalue weighted by atomic mass is 9.98. The van der Waals surface area contributed by atoms with Crippen molar-refractivity contribution in [3.05, 3.63) is 48.0 Å². The van der Waals surface area contributed by atoms with Gasteiger partial charge in [-0.1, -0.05) is 18.2 Å². The number of nitrogens with two attached hydrogens (primary N) is 1. The Morgan fingerprint density at radius 1 is 1.20 bits per heavy atom. The maximum Gasteiger partial charge on any atom is 0.320 e. The van der Waals surface area contributed by atoms with Gasteiger partial charge in [-0.05, 0) is 29.8 Å². The number of carboxylic acids is 1. The van der Waals surface area contributed by atoms with E-state index in [0.717, 1.165) is 27.7 Å². The van der Waals surface area contributed by atoms with Gasteiger partial charge in [0.15, 0.2) is 0 Å². The van der Waals surface area contributed by atoms with E-state index in [0.29, 0.717) is 11.5 Å². The number of hydrogen-bond donors (Lipinski definition) is 3. The van der Waals surface area contributed by atoms with Crippen molar-refractivity contribution in [2.45, 2.75) is 12.5 Å². The monoisotopic (exact) mass is 340 g/mol. The number of rotatable bonds is 6. The molecule has 130 valence electrons. The fraction of sp³-hybridized carbons (Fsp3) is 0.211. The Morgan fingerprint density at radius 3 is 2.64 bits per heavy atom. The largest absolute Gasteiger partial charge is 0.497 e. The predicted molar refractivity (Wildman–Crippen MR) is 96.2 cm³/mol. The molecule has 6 nitrogen and oxygen atoms in total. The molecular weight excluding hydrogens is 320 g/mol. The van der Waals surface area contributed by atoms with Crippen molar-refractivity contribution in [3.63, 3.8) is 0 Å². The van der Waals surface area contributed by atoms with Crippen LogP contribution in [0.4, 0.5) is 0 Å². The number of para-hydroxylation sites is 1. The van der Waals surface area contributed by atoms with Gasteiger partial charge in [-0.2, -0.15) is 0 Å². The number of ether oxygens (including phenoxy) is 2. The van der Waals surface area contributed by atoms with Crippen molar-refractivity contribution in [2.75, 3.05) is 14.2 Å². The van der Waals surface area contributed by atoms with Gasteiger partial charge in [-0.25, -0.2) is 0 Å². The molecule has 0 fully saturated rings. The van der Waals surface area contributed by atoms with Crippen LogP contribution in [0.25, 0.3) is 22.2 Å². The third-order valence-corrected chi connectivity index (χ3v) is 4.23. The third kappa shape index (κ3) is 3.16. The number of hydrogen-bond acceptors (Lipinski definition) is 4. The summed E-state index contributed by atoms with van der Waals surface area (Å²) in [6.07, 6.45) is 0.203. The molecule has 0 radical (unpaired) electrons. The maximum absolute atomic E-state index is 11.3. The van der Waals surface area contributed by atoms with Gasteiger partial charge in [0.2, 0.25) is 0 Å². The summed E-state index contributed by atoms with van der Waals surface area (Å²) < 4.78 is 10.8. The summed E-state index contributed by atoms with van der Waals surface area (Å²) in [5, 5.41) is 10.2. The number of H-pyrrole nitrogens is 1. The number of benzene rings is 2. The van der Waals surface area contributed by atoms with Crippen LogP contribution in [0.15, 0.2) is 42.5 Å². The standard InChI is InChI=1S/C19H20N2O4/c1-24-11-7-8-17(25-2)14(9-11)18-13(10-15(20)19(22)23)12-5-3-4-6-16(12)21-18/h3-9,15,21H,10,20H2,1-2H3,(H,22,23)/t15-/m0/s1. The molecule has 0 aliphatic carbocycles. The Hall–Kier alpha value is -2.99. The maximum atomic E-state index is 11.3. The summed E-state index contributed by atoms with van der Waals surface area (Å²) in [5.41, 5.74) is 9.14. The van der Waals surface area contributed by atoms with E-state index in [9.17, 15) is 9.90 Å². The highest BCUT2D eigenvalue weighted by atomic mass is 16.5. The Balaban J connectivity index is 2.23. The van der Waals surface area contributed by atoms with Crippen LogP contribution in [-0.2, 0) is 11.2 Å². The summed E-state index contributed by atoms with van der Waals surface area (Å²) in [6, 6.07) is 12.2. The lowest BCUT2D eigenvalue weighted by Gasteiger charge is -2.13. The van der Waals surface area contributed by atoms with Crippen LogP contribution in [0, 0.1) is 0 Å². The zero-order valence-electron chi connectivity index (χ0n) is 14.1. The van der Waals surface area contributed by atoms with Crippen LogP contribution >= 0.6 is 0 Å². The van der Waals surface area contributed by atoms with Crippen molar-refractivity contribution < 1.29 is 19.4 Å². The number of aromatic amines is 1. The van der Waals surface area contributed by atoms with Gasteiger partial charge in [0.05, 0.1) is 19.9 Å². The van der Waals surface area contributed by atoms with Gasteiger partial charge >= 0.3 is 5.97 Å². The number of aliphatic carboxylic acids is 1. The van der Waals surface area contributed by atoms with Crippen LogP contribution in [0.1, 0.15) is 5.56 Å². The quantitative estimate of drug-likeness (QED) is 0.641. The number of methoxy groups -OCH3 is 2. The predicted octanol–water partition coefficient (Wildman–Crippen LogP) is 2.81. The molecule has 3 rings (SSSR count). The minimum atomic E-state index is -1.03. The second-order valence-corrected chi connectivity index (χ2v) is 5.74. The number of carboxylic acid groups (broad SMARTS) is 1. The zero-order chi connectivity index (χ0) is 18.0. The Bertz CT molecular complexity index is 917. The van der Waals surface area contributed by atoms with E-state index in [1.807, 2.05) is 42.5 Å². The molecule has 4 N–H and O–H groups in total. The fourth-order valence-corrected chi connectivity index (χ4v) is 2.96. The average molecular weight is 340 g/mol. The number of nitrogens with one attached hydrogen (secondary N) is 1. The number of carbonyl (C=O) groups is 1. The van der Waals surface area contributed by atoms with E-state index in [4.69, 9.17) is 15.2 Å². The molecule has 1 aromatic heterocycles. The van der Waals surface area contributed by atoms with Gasteiger partial charge in [-0.3, -0.25) is 4.79 Å². The fourth-order valence-electron chi connectivity index (χ4n) is 2.96. The highest BCUT2D eigenvalue weighted by Crippen LogP contribution is 2.38. The van der Waals surface area contributed by atoms with Crippen molar-refractivity contribution in [3.8, 4) is 22.8 Å². The van der Waals surface area contributed by atoms with Crippen molar-refractivity contribution >= 4 is 16.9 Å². The molecule has 0 spiro atoms. The summed E-state index contributed by atoms with van der Waals surface area (Å²) >= 11 is 0. The summed E-state index contributed by atoms with van der Waals surface area (Å²) in [6.45, 7) is 0. The molecule has 1 atom stereocenters. The molecule has 0 saturated carbocycles. The molecule has 25 heavy (non-hydrogen) atoms. The van der Waals surface area contributed by atoms with Crippen molar-refractivity contribution in [1.82, 2.24) is 4.98 Å². The highest BCUT2D eigenvalue weighted by molar-refractivity contribution is 5.92. The summed E-state index contributed by atoms with van der Waals surface area (Å²) in [5.74, 6) is 0.314. The topological polar surface area (TPSA) is 97.6 Å². The number of aromatic nitrogens is 1. The second-order valence-electron chi connectivity index (χ2n) is 5.74. The molecule has 0 bridgehead atoms. The van der Waals surface area contributed by atoms with Crippen molar-refractivity contribution in [1.29, 1.82) is 0 Å². The van der Waals surface area contributed by atoms with Crippen LogP contribution < -0.4 is 15.2 Å². The molecule has 0 amide bonds. The van der Waals surface area contributed by atoms with Crippen LogP contribution in [-0.4, -0.2) is 36.3 Å². The molecule has 6 heteroatoms. The minimum Gasteiger partial charge on any atom is -0.497 e. The van der Waals surface area contributed by atoms with E-state index >= 15 is 0 Å². The molecule has 0 aliphatic heterocycles. The van der Waals surface area contributed by atoms with Crippen LogP contribution in [0.3, 0.4) is 0 Å². The Morgan fingerprint density at radius 2 is 1.96 bits per heavy atom. The van der Waals surface area contributed by atoms with Crippen LogP contribution in [0.2, 0.25) is 0 Å². The van der Waals surface area contributed by atoms with E-state index in [1.165, 1.54) is 0 Å². The van der Waals surface area contributed by atoms with Gasteiger partial charge in [0.25, 0.3) is 0 Å². The van der Waals surface area contributed by atoms with Gasteiger partial charge in [0.1, 0.15) is 17.5 Å². The first-order valence-electron chi connectivity index (χ1n) is 7.85. The molecule has 0 saturated heterocycles. The molecule has 0 unspecified atom stereocenters. The first-order valence-corrected chi connectivity index (χ1v) is 7.85. The SMILES string of the molecule is COc1ccc(OC)c(-c2[nH]c3ccccc3c2C[C@H](N)C(=O)O)c1. The molecule has 0 aliphatic rings. The van der Waals surface area contributed by atoms with Crippen molar-refractivity contribution in [2.24, 2.45) is 5.73 Å². The Labute approximate surface area is 145 Å². The minimum absolute atomic E-state index is 0.203. The molecular formula is C19H20N2O4. The lowest BCUT2D eigenvalue weighted by Crippen LogP contribution is -2.32. The lowest BCUT2D eigenvalue weighted by molar-refractivity contribution is -0.138. The zero-order valence-corrected chi connectivity index (χ0v) is 14.1. The average Bonchev–Trinajstić information content (AvgIpc) is 2.99. The molecule has 2 aromatic carbocycles. The van der Waals surface area contributed by atoms with E-state index in [1.54, 1.807) is 14.2 Å². The Kier molecular flexibility index (Phi) is 4.63. The van der Waals surface area contributed by atoms with E-state index < -0.39 is 12.0 Å². The highest BCUT2D eigenvalue weighted by Gasteiger charge is 2.21. The second kappa shape index (κ2) is 6.86. The normalized spacial score (nSPS) is 12.1.